The Hall–Kier alpha value is -2.02. The Balaban J connectivity index is 2.38. The molecule has 0 saturated carbocycles. The predicted octanol–water partition coefficient (Wildman–Crippen LogP) is 2.88. The number of ether oxygens (including phenoxy) is 1. The number of para-hydroxylation sites is 2. The van der Waals surface area contributed by atoms with Crippen LogP contribution in [-0.4, -0.2) is 19.7 Å². The summed E-state index contributed by atoms with van der Waals surface area (Å²) in [5, 5.41) is 3.67. The molecule has 114 valence electrons. The topological polar surface area (TPSA) is 81.4 Å². The molecule has 2 aromatic rings. The van der Waals surface area contributed by atoms with Crippen molar-refractivity contribution in [3.63, 3.8) is 0 Å². The van der Waals surface area contributed by atoms with Crippen molar-refractivity contribution in [3.8, 4) is 5.75 Å². The number of aromatic nitrogens is 1. The van der Waals surface area contributed by atoms with Crippen molar-refractivity contribution in [1.29, 1.82) is 0 Å². The highest BCUT2D eigenvalue weighted by Crippen LogP contribution is 2.29. The van der Waals surface area contributed by atoms with E-state index in [4.69, 9.17) is 9.26 Å². The van der Waals surface area contributed by atoms with Gasteiger partial charge in [-0.05, 0) is 39.8 Å². The van der Waals surface area contributed by atoms with Gasteiger partial charge in [0.2, 0.25) is 0 Å². The van der Waals surface area contributed by atoms with Gasteiger partial charge in [0.05, 0.1) is 11.8 Å². The van der Waals surface area contributed by atoms with Crippen LogP contribution in [0.5, 0.6) is 5.75 Å². The van der Waals surface area contributed by atoms with Crippen LogP contribution in [0.25, 0.3) is 0 Å². The van der Waals surface area contributed by atoms with Gasteiger partial charge >= 0.3 is 0 Å². The lowest BCUT2D eigenvalue weighted by Crippen LogP contribution is -2.16. The first-order valence-electron chi connectivity index (χ1n) is 6.52. The number of benzene rings is 1. The van der Waals surface area contributed by atoms with E-state index in [2.05, 4.69) is 9.88 Å². The predicted molar refractivity (Wildman–Crippen MR) is 79.0 cm³/mol. The molecule has 0 bridgehead atoms. The third-order valence-electron chi connectivity index (χ3n) is 2.73. The summed E-state index contributed by atoms with van der Waals surface area (Å²) >= 11 is 0. The van der Waals surface area contributed by atoms with Crippen molar-refractivity contribution in [2.75, 3.05) is 4.72 Å². The second-order valence-electron chi connectivity index (χ2n) is 4.92. The van der Waals surface area contributed by atoms with Crippen molar-refractivity contribution >= 4 is 15.7 Å². The molecule has 6 nitrogen and oxygen atoms in total. The molecule has 0 aliphatic rings. The number of hydrogen-bond donors (Lipinski definition) is 1. The van der Waals surface area contributed by atoms with Crippen molar-refractivity contribution < 1.29 is 17.7 Å². The molecule has 1 aromatic heterocycles. The number of anilines is 1. The molecule has 0 amide bonds. The summed E-state index contributed by atoms with van der Waals surface area (Å²) in [5.41, 5.74) is 0.702. The SMILES string of the molecule is Cc1noc(C)c1S(=O)(=O)Nc1ccccc1OC(C)C. The van der Waals surface area contributed by atoms with Crippen LogP contribution in [0.2, 0.25) is 0 Å². The van der Waals surface area contributed by atoms with Crippen LogP contribution < -0.4 is 9.46 Å². The minimum atomic E-state index is -3.78. The Morgan fingerprint density at radius 2 is 1.90 bits per heavy atom. The smallest absolute Gasteiger partial charge is 0.267 e. The van der Waals surface area contributed by atoms with Gasteiger partial charge in [-0.3, -0.25) is 4.72 Å². The number of aryl methyl sites for hydroxylation is 2. The Morgan fingerprint density at radius 1 is 1.24 bits per heavy atom. The zero-order valence-electron chi connectivity index (χ0n) is 12.4. The molecule has 0 saturated heterocycles. The highest BCUT2D eigenvalue weighted by atomic mass is 32.2. The fourth-order valence-electron chi connectivity index (χ4n) is 1.96. The van der Waals surface area contributed by atoms with E-state index in [1.54, 1.807) is 38.1 Å². The molecule has 0 unspecified atom stereocenters. The van der Waals surface area contributed by atoms with Crippen molar-refractivity contribution in [2.24, 2.45) is 0 Å². The summed E-state index contributed by atoms with van der Waals surface area (Å²) in [4.78, 5) is 0.0573. The number of sulfonamides is 1. The summed E-state index contributed by atoms with van der Waals surface area (Å²) in [6.45, 7) is 6.89. The van der Waals surface area contributed by atoms with Crippen LogP contribution in [0.15, 0.2) is 33.7 Å². The molecule has 7 heteroatoms. The second kappa shape index (κ2) is 5.77. The lowest BCUT2D eigenvalue weighted by atomic mass is 10.3. The Kier molecular flexibility index (Phi) is 4.22. The number of rotatable bonds is 5. The maximum atomic E-state index is 12.5. The molecule has 0 atom stereocenters. The Morgan fingerprint density at radius 3 is 2.48 bits per heavy atom. The fourth-order valence-corrected chi connectivity index (χ4v) is 3.36. The summed E-state index contributed by atoms with van der Waals surface area (Å²) in [6.07, 6.45) is -0.0604. The summed E-state index contributed by atoms with van der Waals surface area (Å²) < 4.78 is 38.0. The molecule has 1 N–H and O–H groups in total. The van der Waals surface area contributed by atoms with Crippen molar-refractivity contribution in [2.45, 2.75) is 38.7 Å². The summed E-state index contributed by atoms with van der Waals surface area (Å²) in [5.74, 6) is 0.727. The number of hydrogen-bond acceptors (Lipinski definition) is 5. The first kappa shape index (κ1) is 15.4. The largest absolute Gasteiger partial charge is 0.489 e. The van der Waals surface area contributed by atoms with Gasteiger partial charge in [-0.1, -0.05) is 17.3 Å². The van der Waals surface area contributed by atoms with Crippen LogP contribution in [0.4, 0.5) is 5.69 Å². The molecule has 1 heterocycles. The van der Waals surface area contributed by atoms with Crippen LogP contribution in [-0.2, 0) is 10.0 Å². The molecule has 0 fully saturated rings. The average molecular weight is 310 g/mol. The van der Waals surface area contributed by atoms with Gasteiger partial charge in [-0.25, -0.2) is 8.42 Å². The molecule has 0 aliphatic heterocycles. The number of nitrogens with one attached hydrogen (secondary N) is 1. The minimum absolute atomic E-state index is 0.0573. The van der Waals surface area contributed by atoms with Gasteiger partial charge in [-0.15, -0.1) is 0 Å². The molecular weight excluding hydrogens is 292 g/mol. The van der Waals surface area contributed by atoms with E-state index in [9.17, 15) is 8.42 Å². The van der Waals surface area contributed by atoms with Gasteiger partial charge < -0.3 is 9.26 Å². The van der Waals surface area contributed by atoms with Gasteiger partial charge in [0, 0.05) is 0 Å². The van der Waals surface area contributed by atoms with Crippen molar-refractivity contribution in [1.82, 2.24) is 5.16 Å². The van der Waals surface area contributed by atoms with Gasteiger partial charge in [-0.2, -0.15) is 0 Å². The summed E-state index contributed by atoms with van der Waals surface area (Å²) in [7, 11) is -3.78. The molecule has 0 spiro atoms. The number of nitrogens with zero attached hydrogens (tertiary/aromatic N) is 1. The Bertz CT molecular complexity index is 716. The fraction of sp³-hybridized carbons (Fsp3) is 0.357. The van der Waals surface area contributed by atoms with E-state index in [-0.39, 0.29) is 16.8 Å². The van der Waals surface area contributed by atoms with Crippen LogP contribution >= 0.6 is 0 Å². The van der Waals surface area contributed by atoms with Gasteiger partial charge in [0.1, 0.15) is 11.4 Å². The van der Waals surface area contributed by atoms with Crippen LogP contribution in [0.3, 0.4) is 0 Å². The van der Waals surface area contributed by atoms with Gasteiger partial charge in [0.25, 0.3) is 10.0 Å². The van der Waals surface area contributed by atoms with Gasteiger partial charge in [0.15, 0.2) is 10.7 Å². The molecular formula is C14H18N2O4S. The third kappa shape index (κ3) is 3.36. The maximum Gasteiger partial charge on any atom is 0.267 e. The zero-order valence-corrected chi connectivity index (χ0v) is 13.2. The quantitative estimate of drug-likeness (QED) is 0.918. The van der Waals surface area contributed by atoms with Crippen LogP contribution in [0.1, 0.15) is 25.3 Å². The monoisotopic (exact) mass is 310 g/mol. The highest BCUT2D eigenvalue weighted by molar-refractivity contribution is 7.92. The normalized spacial score (nSPS) is 11.7. The summed E-state index contributed by atoms with van der Waals surface area (Å²) in [6, 6.07) is 6.88. The molecule has 0 radical (unpaired) electrons. The lowest BCUT2D eigenvalue weighted by molar-refractivity contribution is 0.244. The molecule has 1 aromatic carbocycles. The minimum Gasteiger partial charge on any atom is -0.489 e. The van der Waals surface area contributed by atoms with E-state index in [1.165, 1.54) is 0 Å². The highest BCUT2D eigenvalue weighted by Gasteiger charge is 2.25. The van der Waals surface area contributed by atoms with E-state index in [0.717, 1.165) is 0 Å². The first-order valence-corrected chi connectivity index (χ1v) is 8.01. The molecule has 21 heavy (non-hydrogen) atoms. The standard InChI is InChI=1S/C14H18N2O4S/c1-9(2)19-13-8-6-5-7-12(13)16-21(17,18)14-10(3)15-20-11(14)4/h5-9,16H,1-4H3. The van der Waals surface area contributed by atoms with E-state index >= 15 is 0 Å². The average Bonchev–Trinajstić information content (AvgIpc) is 2.71. The maximum absolute atomic E-state index is 12.5. The van der Waals surface area contributed by atoms with Crippen molar-refractivity contribution in [3.05, 3.63) is 35.7 Å². The first-order chi connectivity index (χ1) is 9.81. The third-order valence-corrected chi connectivity index (χ3v) is 4.34. The van der Waals surface area contributed by atoms with E-state index in [1.807, 2.05) is 13.8 Å². The van der Waals surface area contributed by atoms with Crippen LogP contribution in [0, 0.1) is 13.8 Å². The zero-order chi connectivity index (χ0) is 15.6. The molecule has 0 aliphatic carbocycles. The van der Waals surface area contributed by atoms with E-state index in [0.29, 0.717) is 17.1 Å². The second-order valence-corrected chi connectivity index (χ2v) is 6.54. The Labute approximate surface area is 124 Å². The van der Waals surface area contributed by atoms with E-state index < -0.39 is 10.0 Å². The lowest BCUT2D eigenvalue weighted by Gasteiger charge is -2.15. The molecule has 2 rings (SSSR count).